The van der Waals surface area contributed by atoms with Crippen molar-refractivity contribution in [1.82, 2.24) is 4.72 Å². The largest absolute Gasteiger partial charge is 0.395 e. The van der Waals surface area contributed by atoms with Gasteiger partial charge in [-0.05, 0) is 12.1 Å². The van der Waals surface area contributed by atoms with Gasteiger partial charge in [-0.15, -0.1) is 0 Å². The molecule has 1 aromatic rings. The highest BCUT2D eigenvalue weighted by Crippen LogP contribution is 2.13. The van der Waals surface area contributed by atoms with Gasteiger partial charge in [0.1, 0.15) is 0 Å². The number of rotatable bonds is 6. The fourth-order valence-corrected chi connectivity index (χ4v) is 2.42. The SMILES string of the molecule is CC(C)C(=O)c1ccc(S(=O)(=O)NCCO)cc1. The highest BCUT2D eigenvalue weighted by atomic mass is 32.2. The molecule has 2 N–H and O–H groups in total. The predicted molar refractivity (Wildman–Crippen MR) is 67.9 cm³/mol. The van der Waals surface area contributed by atoms with E-state index in [4.69, 9.17) is 5.11 Å². The van der Waals surface area contributed by atoms with Gasteiger partial charge >= 0.3 is 0 Å². The zero-order chi connectivity index (χ0) is 13.8. The fourth-order valence-electron chi connectivity index (χ4n) is 1.40. The van der Waals surface area contributed by atoms with E-state index in [0.717, 1.165) is 0 Å². The summed E-state index contributed by atoms with van der Waals surface area (Å²) < 4.78 is 25.6. The Morgan fingerprint density at radius 2 is 1.83 bits per heavy atom. The molecule has 0 unspecified atom stereocenters. The minimum Gasteiger partial charge on any atom is -0.395 e. The van der Waals surface area contributed by atoms with Gasteiger partial charge in [0, 0.05) is 18.0 Å². The molecule has 100 valence electrons. The first-order valence-electron chi connectivity index (χ1n) is 5.63. The summed E-state index contributed by atoms with van der Waals surface area (Å²) in [5, 5.41) is 8.58. The molecule has 0 bridgehead atoms. The molecule has 0 aromatic heterocycles. The van der Waals surface area contributed by atoms with E-state index in [2.05, 4.69) is 4.72 Å². The lowest BCUT2D eigenvalue weighted by atomic mass is 10.0. The van der Waals surface area contributed by atoms with E-state index in [1.54, 1.807) is 13.8 Å². The zero-order valence-electron chi connectivity index (χ0n) is 10.4. The number of sulfonamides is 1. The number of hydrogen-bond acceptors (Lipinski definition) is 4. The van der Waals surface area contributed by atoms with Crippen molar-refractivity contribution < 1.29 is 18.3 Å². The Kier molecular flexibility index (Phi) is 5.01. The summed E-state index contributed by atoms with van der Waals surface area (Å²) >= 11 is 0. The van der Waals surface area contributed by atoms with Crippen LogP contribution < -0.4 is 4.72 Å². The summed E-state index contributed by atoms with van der Waals surface area (Å²) in [6.07, 6.45) is 0. The second kappa shape index (κ2) is 6.08. The monoisotopic (exact) mass is 271 g/mol. The molecule has 1 aromatic carbocycles. The number of aliphatic hydroxyl groups excluding tert-OH is 1. The van der Waals surface area contributed by atoms with E-state index in [9.17, 15) is 13.2 Å². The summed E-state index contributed by atoms with van der Waals surface area (Å²) in [4.78, 5) is 11.8. The average Bonchev–Trinajstić information content (AvgIpc) is 2.35. The van der Waals surface area contributed by atoms with Crippen LogP contribution in [0.5, 0.6) is 0 Å². The van der Waals surface area contributed by atoms with Crippen LogP contribution in [0, 0.1) is 5.92 Å². The summed E-state index contributed by atoms with van der Waals surface area (Å²) in [6, 6.07) is 5.76. The van der Waals surface area contributed by atoms with Crippen molar-refractivity contribution in [3.8, 4) is 0 Å². The Bertz CT molecular complexity index is 505. The van der Waals surface area contributed by atoms with Crippen molar-refractivity contribution in [2.45, 2.75) is 18.7 Å². The molecule has 0 amide bonds. The van der Waals surface area contributed by atoms with Crippen molar-refractivity contribution in [1.29, 1.82) is 0 Å². The van der Waals surface area contributed by atoms with Crippen LogP contribution in [0.3, 0.4) is 0 Å². The van der Waals surface area contributed by atoms with Crippen molar-refractivity contribution in [2.24, 2.45) is 5.92 Å². The van der Waals surface area contributed by atoms with Crippen molar-refractivity contribution in [2.75, 3.05) is 13.2 Å². The maximum Gasteiger partial charge on any atom is 0.240 e. The number of Topliss-reactive ketones (excluding diaryl/α,β-unsaturated/α-hetero) is 1. The number of nitrogens with one attached hydrogen (secondary N) is 1. The maximum atomic E-state index is 11.7. The summed E-state index contributed by atoms with van der Waals surface area (Å²) in [5.74, 6) is -0.151. The normalized spacial score (nSPS) is 11.8. The first kappa shape index (κ1) is 14.8. The number of hydrogen-bond donors (Lipinski definition) is 2. The highest BCUT2D eigenvalue weighted by Gasteiger charge is 2.15. The van der Waals surface area contributed by atoms with Gasteiger partial charge in [-0.25, -0.2) is 13.1 Å². The van der Waals surface area contributed by atoms with E-state index in [1.807, 2.05) is 0 Å². The standard InChI is InChI=1S/C12H17NO4S/c1-9(2)12(15)10-3-5-11(6-4-10)18(16,17)13-7-8-14/h3-6,9,13-14H,7-8H2,1-2H3. The molecule has 5 nitrogen and oxygen atoms in total. The minimum absolute atomic E-state index is 0.0257. The van der Waals surface area contributed by atoms with Crippen molar-refractivity contribution in [3.05, 3.63) is 29.8 Å². The third kappa shape index (κ3) is 3.63. The van der Waals surface area contributed by atoms with Gasteiger partial charge < -0.3 is 5.11 Å². The molecule has 0 atom stereocenters. The molecule has 0 saturated heterocycles. The van der Waals surface area contributed by atoms with Crippen LogP contribution in [0.1, 0.15) is 24.2 Å². The van der Waals surface area contributed by atoms with Gasteiger partial charge in [-0.3, -0.25) is 4.79 Å². The van der Waals surface area contributed by atoms with Gasteiger partial charge in [-0.2, -0.15) is 0 Å². The first-order valence-corrected chi connectivity index (χ1v) is 7.11. The molecule has 18 heavy (non-hydrogen) atoms. The van der Waals surface area contributed by atoms with Crippen LogP contribution in [0.15, 0.2) is 29.2 Å². The highest BCUT2D eigenvalue weighted by molar-refractivity contribution is 7.89. The quantitative estimate of drug-likeness (QED) is 0.749. The number of carbonyl (C=O) groups is 1. The predicted octanol–water partition coefficient (Wildman–Crippen LogP) is 0.796. The van der Waals surface area contributed by atoms with E-state index in [0.29, 0.717) is 5.56 Å². The molecule has 0 spiro atoms. The van der Waals surface area contributed by atoms with Gasteiger partial charge in [-0.1, -0.05) is 26.0 Å². The molecular weight excluding hydrogens is 254 g/mol. The van der Waals surface area contributed by atoms with Gasteiger partial charge in [0.2, 0.25) is 10.0 Å². The third-order valence-corrected chi connectivity index (χ3v) is 3.85. The molecular formula is C12H17NO4S. The van der Waals surface area contributed by atoms with Crippen molar-refractivity contribution >= 4 is 15.8 Å². The Morgan fingerprint density at radius 3 is 2.28 bits per heavy atom. The van der Waals surface area contributed by atoms with Gasteiger partial charge in [0.15, 0.2) is 5.78 Å². The van der Waals surface area contributed by atoms with Crippen LogP contribution >= 0.6 is 0 Å². The summed E-state index contributed by atoms with van der Waals surface area (Å²) in [6.45, 7) is 3.28. The van der Waals surface area contributed by atoms with Crippen molar-refractivity contribution in [3.63, 3.8) is 0 Å². The lowest BCUT2D eigenvalue weighted by Crippen LogP contribution is -2.26. The Labute approximate surface area is 107 Å². The Hall–Kier alpha value is -1.24. The number of aliphatic hydroxyl groups is 1. The number of carbonyl (C=O) groups excluding carboxylic acids is 1. The number of benzene rings is 1. The van der Waals surface area contributed by atoms with Crippen LogP contribution in [0.4, 0.5) is 0 Å². The molecule has 0 fully saturated rings. The Balaban J connectivity index is 2.93. The molecule has 0 aliphatic heterocycles. The maximum absolute atomic E-state index is 11.7. The van der Waals surface area contributed by atoms with E-state index < -0.39 is 10.0 Å². The van der Waals surface area contributed by atoms with E-state index >= 15 is 0 Å². The van der Waals surface area contributed by atoms with Crippen LogP contribution in [0.2, 0.25) is 0 Å². The number of ketones is 1. The van der Waals surface area contributed by atoms with Crippen LogP contribution in [0.25, 0.3) is 0 Å². The molecule has 1 rings (SSSR count). The van der Waals surface area contributed by atoms with Crippen LogP contribution in [-0.4, -0.2) is 32.5 Å². The minimum atomic E-state index is -3.61. The molecule has 0 heterocycles. The average molecular weight is 271 g/mol. The second-order valence-electron chi connectivity index (χ2n) is 4.16. The fraction of sp³-hybridized carbons (Fsp3) is 0.417. The lowest BCUT2D eigenvalue weighted by Gasteiger charge is -2.07. The lowest BCUT2D eigenvalue weighted by molar-refractivity contribution is 0.0939. The molecule has 6 heteroatoms. The van der Waals surface area contributed by atoms with E-state index in [-0.39, 0.29) is 29.7 Å². The smallest absolute Gasteiger partial charge is 0.240 e. The van der Waals surface area contributed by atoms with Crippen LogP contribution in [-0.2, 0) is 10.0 Å². The van der Waals surface area contributed by atoms with E-state index in [1.165, 1.54) is 24.3 Å². The second-order valence-corrected chi connectivity index (χ2v) is 5.93. The molecule has 0 saturated carbocycles. The van der Waals surface area contributed by atoms with Gasteiger partial charge in [0.05, 0.1) is 11.5 Å². The van der Waals surface area contributed by atoms with Gasteiger partial charge in [0.25, 0.3) is 0 Å². The Morgan fingerprint density at radius 1 is 1.28 bits per heavy atom. The summed E-state index contributed by atoms with van der Waals surface area (Å²) in [7, 11) is -3.61. The first-order chi connectivity index (χ1) is 8.38. The molecule has 0 aliphatic carbocycles. The summed E-state index contributed by atoms with van der Waals surface area (Å²) in [5.41, 5.74) is 0.492. The third-order valence-electron chi connectivity index (χ3n) is 2.38. The zero-order valence-corrected chi connectivity index (χ0v) is 11.2. The topological polar surface area (TPSA) is 83.5 Å². The molecule has 0 radical (unpaired) electrons. The molecule has 0 aliphatic rings.